The Hall–Kier alpha value is -2.57. The number of carboxylic acid groups (broad SMARTS) is 1. The van der Waals surface area contributed by atoms with Gasteiger partial charge in [0.15, 0.2) is 0 Å². The molecule has 0 bridgehead atoms. The fourth-order valence-corrected chi connectivity index (χ4v) is 2.21. The first-order chi connectivity index (χ1) is 10.2. The van der Waals surface area contributed by atoms with Crippen molar-refractivity contribution in [3.8, 4) is 11.6 Å². The van der Waals surface area contributed by atoms with Gasteiger partial charge in [-0.15, -0.1) is 0 Å². The molecule has 2 aromatic rings. The molecule has 7 nitrogen and oxygen atoms in total. The van der Waals surface area contributed by atoms with Gasteiger partial charge >= 0.3 is 6.09 Å². The highest BCUT2D eigenvalue weighted by atomic mass is 16.5. The average Bonchev–Trinajstić information content (AvgIpc) is 2.44. The van der Waals surface area contributed by atoms with E-state index in [1.165, 1.54) is 4.90 Å². The monoisotopic (exact) mass is 289 g/mol. The summed E-state index contributed by atoms with van der Waals surface area (Å²) in [6, 6.07) is 5.46. The highest BCUT2D eigenvalue weighted by Crippen LogP contribution is 2.21. The van der Waals surface area contributed by atoms with Gasteiger partial charge in [-0.05, 0) is 12.1 Å². The molecule has 1 amide bonds. The Labute approximate surface area is 121 Å². The molecule has 110 valence electrons. The highest BCUT2D eigenvalue weighted by Gasteiger charge is 2.30. The summed E-state index contributed by atoms with van der Waals surface area (Å²) in [6.07, 6.45) is 0.687. The Morgan fingerprint density at radius 3 is 2.95 bits per heavy atom. The zero-order valence-corrected chi connectivity index (χ0v) is 11.5. The van der Waals surface area contributed by atoms with Gasteiger partial charge in [-0.2, -0.15) is 0 Å². The number of carbonyl (C=O) groups is 1. The fourth-order valence-electron chi connectivity index (χ4n) is 2.21. The molecule has 0 spiro atoms. The molecule has 7 heteroatoms. The number of hydrogen-bond donors (Lipinski definition) is 1. The van der Waals surface area contributed by atoms with Gasteiger partial charge in [-0.1, -0.05) is 0 Å². The van der Waals surface area contributed by atoms with Crippen molar-refractivity contribution in [3.05, 3.63) is 24.4 Å². The molecule has 1 fully saturated rings. The lowest BCUT2D eigenvalue weighted by atomic mass is 10.0. The van der Waals surface area contributed by atoms with Crippen LogP contribution in [-0.2, 0) is 0 Å². The largest absolute Gasteiger partial charge is 0.497 e. The molecule has 1 aliphatic rings. The number of benzene rings is 1. The van der Waals surface area contributed by atoms with Crippen LogP contribution in [0.15, 0.2) is 24.4 Å². The van der Waals surface area contributed by atoms with Crippen LogP contribution in [0.3, 0.4) is 0 Å². The summed E-state index contributed by atoms with van der Waals surface area (Å²) >= 11 is 0. The smallest absolute Gasteiger partial charge is 0.407 e. The second-order valence-corrected chi connectivity index (χ2v) is 4.93. The van der Waals surface area contributed by atoms with Crippen LogP contribution in [0.25, 0.3) is 11.0 Å². The van der Waals surface area contributed by atoms with E-state index in [0.717, 1.165) is 5.52 Å². The standard InChI is InChI=1S/C14H15N3O4/c1-20-10-2-3-11-12(4-10)16-13(5-15-11)21-8-9-6-17(7-9)14(18)19/h2-5,9H,6-8H2,1H3,(H,18,19). The van der Waals surface area contributed by atoms with Gasteiger partial charge in [-0.25, -0.2) is 14.8 Å². The quantitative estimate of drug-likeness (QED) is 0.920. The van der Waals surface area contributed by atoms with E-state index in [-0.39, 0.29) is 5.92 Å². The number of rotatable bonds is 4. The third-order valence-corrected chi connectivity index (χ3v) is 3.42. The van der Waals surface area contributed by atoms with E-state index in [0.29, 0.717) is 36.8 Å². The van der Waals surface area contributed by atoms with Crippen LogP contribution in [0.5, 0.6) is 11.6 Å². The molecule has 0 radical (unpaired) electrons. The second kappa shape index (κ2) is 5.43. The van der Waals surface area contributed by atoms with Crippen molar-refractivity contribution in [2.75, 3.05) is 26.8 Å². The number of fused-ring (bicyclic) bond motifs is 1. The molecule has 1 N–H and O–H groups in total. The van der Waals surface area contributed by atoms with Crippen LogP contribution >= 0.6 is 0 Å². The summed E-state index contributed by atoms with van der Waals surface area (Å²) in [5, 5.41) is 8.75. The van der Waals surface area contributed by atoms with Gasteiger partial charge in [0.2, 0.25) is 5.88 Å². The Kier molecular flexibility index (Phi) is 3.47. The predicted molar refractivity (Wildman–Crippen MR) is 74.7 cm³/mol. The molecular weight excluding hydrogens is 274 g/mol. The minimum absolute atomic E-state index is 0.212. The SMILES string of the molecule is COc1ccc2ncc(OCC3CN(C(=O)O)C3)nc2c1. The van der Waals surface area contributed by atoms with E-state index < -0.39 is 6.09 Å². The maximum Gasteiger partial charge on any atom is 0.407 e. The minimum Gasteiger partial charge on any atom is -0.497 e. The Morgan fingerprint density at radius 2 is 2.24 bits per heavy atom. The molecule has 0 unspecified atom stereocenters. The molecule has 1 aromatic heterocycles. The number of amides is 1. The molecule has 0 atom stereocenters. The van der Waals surface area contributed by atoms with Gasteiger partial charge in [0.05, 0.1) is 30.9 Å². The summed E-state index contributed by atoms with van der Waals surface area (Å²) < 4.78 is 10.7. The molecule has 0 aliphatic carbocycles. The Morgan fingerprint density at radius 1 is 1.43 bits per heavy atom. The number of hydrogen-bond acceptors (Lipinski definition) is 5. The van der Waals surface area contributed by atoms with E-state index in [9.17, 15) is 4.79 Å². The third-order valence-electron chi connectivity index (χ3n) is 3.42. The van der Waals surface area contributed by atoms with Crippen LogP contribution in [0.4, 0.5) is 4.79 Å². The van der Waals surface area contributed by atoms with E-state index >= 15 is 0 Å². The van der Waals surface area contributed by atoms with E-state index in [1.807, 2.05) is 12.1 Å². The predicted octanol–water partition coefficient (Wildman–Crippen LogP) is 1.63. The highest BCUT2D eigenvalue weighted by molar-refractivity contribution is 5.76. The van der Waals surface area contributed by atoms with Gasteiger partial charge in [0.25, 0.3) is 0 Å². The van der Waals surface area contributed by atoms with Crippen LogP contribution in [-0.4, -0.2) is 52.9 Å². The Bertz CT molecular complexity index is 670. The molecule has 1 aromatic carbocycles. The summed E-state index contributed by atoms with van der Waals surface area (Å²) in [5.74, 6) is 1.36. The van der Waals surface area contributed by atoms with Gasteiger partial charge < -0.3 is 19.5 Å². The number of nitrogens with zero attached hydrogens (tertiary/aromatic N) is 3. The summed E-state index contributed by atoms with van der Waals surface area (Å²) in [4.78, 5) is 20.7. The Balaban J connectivity index is 1.63. The van der Waals surface area contributed by atoms with Crippen LogP contribution in [0.2, 0.25) is 0 Å². The maximum absolute atomic E-state index is 10.7. The molecule has 1 saturated heterocycles. The van der Waals surface area contributed by atoms with E-state index in [2.05, 4.69) is 9.97 Å². The van der Waals surface area contributed by atoms with Crippen LogP contribution in [0.1, 0.15) is 0 Å². The van der Waals surface area contributed by atoms with Crippen molar-refractivity contribution in [2.45, 2.75) is 0 Å². The van der Waals surface area contributed by atoms with Crippen molar-refractivity contribution in [2.24, 2.45) is 5.92 Å². The molecule has 21 heavy (non-hydrogen) atoms. The lowest BCUT2D eigenvalue weighted by Gasteiger charge is -2.36. The molecular formula is C14H15N3O4. The summed E-state index contributed by atoms with van der Waals surface area (Å²) in [7, 11) is 1.60. The van der Waals surface area contributed by atoms with Crippen LogP contribution < -0.4 is 9.47 Å². The van der Waals surface area contributed by atoms with Crippen molar-refractivity contribution < 1.29 is 19.4 Å². The average molecular weight is 289 g/mol. The second-order valence-electron chi connectivity index (χ2n) is 4.93. The van der Waals surface area contributed by atoms with Gasteiger partial charge in [0.1, 0.15) is 5.75 Å². The van der Waals surface area contributed by atoms with Gasteiger partial charge in [0, 0.05) is 25.1 Å². The maximum atomic E-state index is 10.7. The topological polar surface area (TPSA) is 84.8 Å². The summed E-state index contributed by atoms with van der Waals surface area (Å²) in [6.45, 7) is 1.45. The normalized spacial score (nSPS) is 14.8. The first kappa shape index (κ1) is 13.4. The summed E-state index contributed by atoms with van der Waals surface area (Å²) in [5.41, 5.74) is 1.47. The van der Waals surface area contributed by atoms with Crippen molar-refractivity contribution >= 4 is 17.1 Å². The van der Waals surface area contributed by atoms with Crippen molar-refractivity contribution in [1.29, 1.82) is 0 Å². The minimum atomic E-state index is -0.885. The third kappa shape index (κ3) is 2.81. The zero-order chi connectivity index (χ0) is 14.8. The number of ether oxygens (including phenoxy) is 2. The first-order valence-electron chi connectivity index (χ1n) is 6.57. The molecule has 0 saturated carbocycles. The molecule has 2 heterocycles. The first-order valence-corrected chi connectivity index (χ1v) is 6.57. The lowest BCUT2D eigenvalue weighted by Crippen LogP contribution is -2.51. The van der Waals surface area contributed by atoms with Gasteiger partial charge in [-0.3, -0.25) is 0 Å². The molecule has 1 aliphatic heterocycles. The molecule has 3 rings (SSSR count). The van der Waals surface area contributed by atoms with E-state index in [1.54, 1.807) is 19.4 Å². The number of aromatic nitrogens is 2. The zero-order valence-electron chi connectivity index (χ0n) is 11.5. The lowest BCUT2D eigenvalue weighted by molar-refractivity contribution is 0.0575. The van der Waals surface area contributed by atoms with Crippen molar-refractivity contribution in [1.82, 2.24) is 14.9 Å². The number of likely N-dealkylation sites (tertiary alicyclic amines) is 1. The number of methoxy groups -OCH3 is 1. The van der Waals surface area contributed by atoms with Crippen molar-refractivity contribution in [3.63, 3.8) is 0 Å². The fraction of sp³-hybridized carbons (Fsp3) is 0.357. The van der Waals surface area contributed by atoms with E-state index in [4.69, 9.17) is 14.6 Å². The van der Waals surface area contributed by atoms with Crippen LogP contribution in [0, 0.1) is 5.92 Å².